The Bertz CT molecular complexity index is 401. The van der Waals surface area contributed by atoms with Crippen LogP contribution < -0.4 is 10.5 Å². The van der Waals surface area contributed by atoms with E-state index in [1.165, 1.54) is 13.2 Å². The van der Waals surface area contributed by atoms with E-state index < -0.39 is 5.82 Å². The third-order valence-corrected chi connectivity index (χ3v) is 2.99. The first-order valence-corrected chi connectivity index (χ1v) is 5.93. The van der Waals surface area contributed by atoms with Crippen molar-refractivity contribution in [3.05, 3.63) is 29.6 Å². The lowest BCUT2D eigenvalue weighted by Gasteiger charge is -2.34. The van der Waals surface area contributed by atoms with E-state index in [2.05, 4.69) is 0 Å². The highest BCUT2D eigenvalue weighted by atomic mass is 19.1. The molecule has 0 aliphatic heterocycles. The summed E-state index contributed by atoms with van der Waals surface area (Å²) in [6, 6.07) is 4.38. The molecule has 4 heteroatoms. The van der Waals surface area contributed by atoms with E-state index in [0.717, 1.165) is 0 Å². The number of ether oxygens (including phenoxy) is 2. The van der Waals surface area contributed by atoms with Crippen LogP contribution in [0.3, 0.4) is 0 Å². The van der Waals surface area contributed by atoms with Crippen LogP contribution in [0.1, 0.15) is 32.4 Å². The molecule has 2 atom stereocenters. The van der Waals surface area contributed by atoms with Crippen LogP contribution in [-0.4, -0.2) is 20.3 Å². The second-order valence-electron chi connectivity index (χ2n) is 5.44. The Hall–Kier alpha value is -1.13. The van der Waals surface area contributed by atoms with Crippen molar-refractivity contribution in [2.75, 3.05) is 14.2 Å². The topological polar surface area (TPSA) is 44.5 Å². The van der Waals surface area contributed by atoms with Crippen LogP contribution in [-0.2, 0) is 4.74 Å². The molecule has 18 heavy (non-hydrogen) atoms. The lowest BCUT2D eigenvalue weighted by Crippen LogP contribution is -2.38. The molecule has 0 spiro atoms. The highest BCUT2D eigenvalue weighted by Crippen LogP contribution is 2.32. The predicted molar refractivity (Wildman–Crippen MR) is 70.1 cm³/mol. The standard InChI is InChI=1S/C14H22FNO2/c1-14(2,3)13(18-5)12(16)9-6-7-11(17-4)10(15)8-9/h6-8,12-13H,16H2,1-5H3. The lowest BCUT2D eigenvalue weighted by molar-refractivity contribution is -0.00250. The van der Waals surface area contributed by atoms with Crippen LogP contribution in [0.2, 0.25) is 0 Å². The summed E-state index contributed by atoms with van der Waals surface area (Å²) in [4.78, 5) is 0. The first-order valence-electron chi connectivity index (χ1n) is 5.93. The summed E-state index contributed by atoms with van der Waals surface area (Å²) in [5.41, 5.74) is 6.75. The molecule has 0 aliphatic rings. The minimum absolute atomic E-state index is 0.120. The molecule has 3 nitrogen and oxygen atoms in total. The monoisotopic (exact) mass is 255 g/mol. The maximum atomic E-state index is 13.7. The Kier molecular flexibility index (Phi) is 4.71. The summed E-state index contributed by atoms with van der Waals surface area (Å²) in [5.74, 6) is -0.190. The molecule has 102 valence electrons. The van der Waals surface area contributed by atoms with Gasteiger partial charge in [-0.25, -0.2) is 4.39 Å². The van der Waals surface area contributed by atoms with Gasteiger partial charge in [-0.2, -0.15) is 0 Å². The molecule has 2 unspecified atom stereocenters. The Morgan fingerprint density at radius 1 is 1.22 bits per heavy atom. The van der Waals surface area contributed by atoms with Crippen molar-refractivity contribution in [1.82, 2.24) is 0 Å². The van der Waals surface area contributed by atoms with Crippen LogP contribution in [0.5, 0.6) is 5.75 Å². The maximum Gasteiger partial charge on any atom is 0.165 e. The smallest absolute Gasteiger partial charge is 0.165 e. The van der Waals surface area contributed by atoms with Gasteiger partial charge in [-0.15, -0.1) is 0 Å². The molecule has 0 saturated heterocycles. The molecular formula is C14H22FNO2. The van der Waals surface area contributed by atoms with Gasteiger partial charge in [0.1, 0.15) is 0 Å². The highest BCUT2D eigenvalue weighted by Gasteiger charge is 2.31. The van der Waals surface area contributed by atoms with E-state index in [0.29, 0.717) is 5.56 Å². The summed E-state index contributed by atoms with van der Waals surface area (Å²) in [7, 11) is 3.06. The van der Waals surface area contributed by atoms with Gasteiger partial charge < -0.3 is 15.2 Å². The van der Waals surface area contributed by atoms with Crippen molar-refractivity contribution >= 4 is 0 Å². The van der Waals surface area contributed by atoms with Crippen molar-refractivity contribution in [1.29, 1.82) is 0 Å². The van der Waals surface area contributed by atoms with Gasteiger partial charge in [-0.05, 0) is 23.1 Å². The summed E-state index contributed by atoms with van der Waals surface area (Å²) >= 11 is 0. The van der Waals surface area contributed by atoms with Gasteiger partial charge in [0.05, 0.1) is 19.3 Å². The fourth-order valence-corrected chi connectivity index (χ4v) is 2.10. The van der Waals surface area contributed by atoms with Crippen molar-refractivity contribution in [2.24, 2.45) is 11.1 Å². The largest absolute Gasteiger partial charge is 0.494 e. The molecule has 1 rings (SSSR count). The van der Waals surface area contributed by atoms with Gasteiger partial charge in [-0.1, -0.05) is 26.8 Å². The Morgan fingerprint density at radius 2 is 1.83 bits per heavy atom. The summed E-state index contributed by atoms with van der Waals surface area (Å²) in [6.45, 7) is 6.13. The average Bonchev–Trinajstić information content (AvgIpc) is 2.27. The van der Waals surface area contributed by atoms with Crippen molar-refractivity contribution < 1.29 is 13.9 Å². The maximum absolute atomic E-state index is 13.7. The van der Waals surface area contributed by atoms with E-state index >= 15 is 0 Å². The van der Waals surface area contributed by atoms with Crippen molar-refractivity contribution in [3.8, 4) is 5.75 Å². The van der Waals surface area contributed by atoms with Crippen molar-refractivity contribution in [3.63, 3.8) is 0 Å². The Balaban J connectivity index is 3.02. The molecule has 0 aromatic heterocycles. The number of rotatable bonds is 4. The number of methoxy groups -OCH3 is 2. The summed E-state index contributed by atoms with van der Waals surface area (Å²) < 4.78 is 24.0. The van der Waals surface area contributed by atoms with E-state index in [1.807, 2.05) is 20.8 Å². The first kappa shape index (κ1) is 14.9. The zero-order valence-electron chi connectivity index (χ0n) is 11.7. The highest BCUT2D eigenvalue weighted by molar-refractivity contribution is 5.31. The van der Waals surface area contributed by atoms with Gasteiger partial charge in [-0.3, -0.25) is 0 Å². The fraction of sp³-hybridized carbons (Fsp3) is 0.571. The molecule has 0 fully saturated rings. The third-order valence-electron chi connectivity index (χ3n) is 2.99. The lowest BCUT2D eigenvalue weighted by atomic mass is 9.82. The molecule has 0 saturated carbocycles. The molecule has 1 aromatic carbocycles. The SMILES string of the molecule is COc1ccc(C(N)C(OC)C(C)(C)C)cc1F. The first-order chi connectivity index (χ1) is 8.31. The van der Waals surface area contributed by atoms with Gasteiger partial charge in [0, 0.05) is 7.11 Å². The molecule has 0 aliphatic carbocycles. The normalized spacial score (nSPS) is 15.3. The third kappa shape index (κ3) is 3.21. The zero-order chi connectivity index (χ0) is 13.9. The number of hydrogen-bond acceptors (Lipinski definition) is 3. The average molecular weight is 255 g/mol. The summed E-state index contributed by atoms with van der Waals surface area (Å²) in [5, 5.41) is 0. The number of benzene rings is 1. The van der Waals surface area contributed by atoms with Crippen LogP contribution in [0.25, 0.3) is 0 Å². The van der Waals surface area contributed by atoms with Crippen LogP contribution in [0, 0.1) is 11.2 Å². The minimum atomic E-state index is -0.408. The predicted octanol–water partition coefficient (Wildman–Crippen LogP) is 2.90. The molecule has 2 N–H and O–H groups in total. The number of hydrogen-bond donors (Lipinski definition) is 1. The van der Waals surface area contributed by atoms with Gasteiger partial charge in [0.25, 0.3) is 0 Å². The van der Waals surface area contributed by atoms with Gasteiger partial charge in [0.2, 0.25) is 0 Å². The van der Waals surface area contributed by atoms with E-state index in [4.69, 9.17) is 15.2 Å². The van der Waals surface area contributed by atoms with Crippen LogP contribution >= 0.6 is 0 Å². The molecule has 0 amide bonds. The Labute approximate surface area is 108 Å². The summed E-state index contributed by atoms with van der Waals surface area (Å²) in [6.07, 6.45) is -0.190. The molecule has 1 aromatic rings. The van der Waals surface area contributed by atoms with Crippen LogP contribution in [0.4, 0.5) is 4.39 Å². The van der Waals surface area contributed by atoms with E-state index in [9.17, 15) is 4.39 Å². The van der Waals surface area contributed by atoms with Crippen molar-refractivity contribution in [2.45, 2.75) is 32.9 Å². The molecule has 0 heterocycles. The quantitative estimate of drug-likeness (QED) is 0.899. The second-order valence-corrected chi connectivity index (χ2v) is 5.44. The second kappa shape index (κ2) is 5.67. The number of nitrogens with two attached hydrogens (primary N) is 1. The Morgan fingerprint density at radius 3 is 2.22 bits per heavy atom. The van der Waals surface area contributed by atoms with E-state index in [1.54, 1.807) is 19.2 Å². The number of halogens is 1. The molecule has 0 radical (unpaired) electrons. The minimum Gasteiger partial charge on any atom is -0.494 e. The van der Waals surface area contributed by atoms with Gasteiger partial charge in [0.15, 0.2) is 11.6 Å². The fourth-order valence-electron chi connectivity index (χ4n) is 2.10. The van der Waals surface area contributed by atoms with Crippen LogP contribution in [0.15, 0.2) is 18.2 Å². The zero-order valence-corrected chi connectivity index (χ0v) is 11.7. The molecular weight excluding hydrogens is 233 g/mol. The van der Waals surface area contributed by atoms with Gasteiger partial charge >= 0.3 is 0 Å². The molecule has 0 bridgehead atoms. The van der Waals surface area contributed by atoms with E-state index in [-0.39, 0.29) is 23.3 Å².